The molecule has 0 radical (unpaired) electrons. The Kier molecular flexibility index (Phi) is 6.22. The minimum Gasteiger partial charge on any atom is -0.471 e. The van der Waals surface area contributed by atoms with Gasteiger partial charge in [-0.15, -0.1) is 0 Å². The van der Waals surface area contributed by atoms with Crippen LogP contribution in [-0.4, -0.2) is 69.3 Å². The maximum absolute atomic E-state index is 12.9. The monoisotopic (exact) mass is 478 g/mol. The number of amides is 1. The van der Waals surface area contributed by atoms with E-state index in [1.807, 2.05) is 0 Å². The lowest BCUT2D eigenvalue weighted by atomic mass is 10.3. The fourth-order valence-corrected chi connectivity index (χ4v) is 5.20. The number of carbonyl (C=O) groups excluding carboxylic acids is 1. The number of piperazine rings is 1. The number of rotatable bonds is 6. The largest absolute Gasteiger partial charge is 0.471 e. The number of sulfonamides is 1. The minimum atomic E-state index is -3.65. The molecule has 4 rings (SSSR count). The molecule has 0 unspecified atom stereocenters. The van der Waals surface area contributed by atoms with Crippen LogP contribution in [0, 0.1) is 6.92 Å². The maximum Gasteiger partial charge on any atom is 0.274 e. The van der Waals surface area contributed by atoms with E-state index in [1.54, 1.807) is 55.4 Å². The van der Waals surface area contributed by atoms with Crippen molar-refractivity contribution < 1.29 is 17.9 Å². The van der Waals surface area contributed by atoms with Crippen molar-refractivity contribution in [3.63, 3.8) is 0 Å². The number of aryl methyl sites for hydroxylation is 1. The van der Waals surface area contributed by atoms with Crippen LogP contribution < -0.4 is 4.74 Å². The molecule has 10 nitrogen and oxygen atoms in total. The van der Waals surface area contributed by atoms with Crippen molar-refractivity contribution in [3.05, 3.63) is 59.1 Å². The first kappa shape index (κ1) is 22.3. The van der Waals surface area contributed by atoms with Gasteiger partial charge in [-0.3, -0.25) is 9.48 Å². The molecule has 0 N–H and O–H groups in total. The van der Waals surface area contributed by atoms with Gasteiger partial charge in [-0.05, 0) is 31.2 Å². The molecule has 0 spiro atoms. The van der Waals surface area contributed by atoms with Gasteiger partial charge in [0.25, 0.3) is 5.91 Å². The van der Waals surface area contributed by atoms with Gasteiger partial charge in [-0.25, -0.2) is 13.1 Å². The van der Waals surface area contributed by atoms with Gasteiger partial charge in [-0.1, -0.05) is 17.7 Å². The zero-order chi connectivity index (χ0) is 22.9. The number of hydrogen-bond donors (Lipinski definition) is 0. The third-order valence-electron chi connectivity index (χ3n) is 5.35. The summed E-state index contributed by atoms with van der Waals surface area (Å²) in [7, 11) is -1.95. The molecule has 0 atom stereocenters. The van der Waals surface area contributed by atoms with Gasteiger partial charge < -0.3 is 9.64 Å². The summed E-state index contributed by atoms with van der Waals surface area (Å²) < 4.78 is 35.9. The molecule has 3 aromatic rings. The van der Waals surface area contributed by atoms with Crippen LogP contribution in [0.2, 0.25) is 5.02 Å². The molecule has 1 aliphatic rings. The molecule has 1 amide bonds. The van der Waals surface area contributed by atoms with Crippen molar-refractivity contribution in [2.75, 3.05) is 26.2 Å². The summed E-state index contributed by atoms with van der Waals surface area (Å²) in [5, 5.41) is 8.87. The molecular formula is C20H23ClN6O4S. The quantitative estimate of drug-likeness (QED) is 0.535. The van der Waals surface area contributed by atoms with Crippen molar-refractivity contribution in [2.24, 2.45) is 7.05 Å². The lowest BCUT2D eigenvalue weighted by Crippen LogP contribution is -2.50. The zero-order valence-corrected chi connectivity index (χ0v) is 19.3. The van der Waals surface area contributed by atoms with Gasteiger partial charge in [0, 0.05) is 44.4 Å². The minimum absolute atomic E-state index is 0.129. The Labute approximate surface area is 191 Å². The van der Waals surface area contributed by atoms with Crippen molar-refractivity contribution in [2.45, 2.75) is 18.6 Å². The fourth-order valence-electron chi connectivity index (χ4n) is 3.41. The van der Waals surface area contributed by atoms with Crippen LogP contribution in [0.4, 0.5) is 0 Å². The Hall–Kier alpha value is -2.89. The summed E-state index contributed by atoms with van der Waals surface area (Å²) in [5.74, 6) is 0.350. The third-order valence-corrected chi connectivity index (χ3v) is 7.59. The van der Waals surface area contributed by atoms with Crippen molar-refractivity contribution in [1.29, 1.82) is 0 Å². The molecular weight excluding hydrogens is 456 g/mol. The predicted octanol–water partition coefficient (Wildman–Crippen LogP) is 1.76. The number of hydrogen-bond acceptors (Lipinski definition) is 6. The van der Waals surface area contributed by atoms with Crippen LogP contribution in [0.15, 0.2) is 47.6 Å². The van der Waals surface area contributed by atoms with Crippen LogP contribution in [0.25, 0.3) is 0 Å². The highest BCUT2D eigenvalue weighted by atomic mass is 35.5. The zero-order valence-electron chi connectivity index (χ0n) is 17.7. The summed E-state index contributed by atoms with van der Waals surface area (Å²) in [6.45, 7) is 2.82. The Morgan fingerprint density at radius 3 is 2.59 bits per heavy atom. The summed E-state index contributed by atoms with van der Waals surface area (Å²) >= 11 is 5.94. The van der Waals surface area contributed by atoms with Crippen LogP contribution in [0.1, 0.15) is 16.2 Å². The Morgan fingerprint density at radius 1 is 1.19 bits per heavy atom. The van der Waals surface area contributed by atoms with E-state index in [0.717, 1.165) is 0 Å². The van der Waals surface area contributed by atoms with E-state index in [1.165, 1.54) is 19.9 Å². The van der Waals surface area contributed by atoms with E-state index in [2.05, 4.69) is 10.2 Å². The van der Waals surface area contributed by atoms with Crippen LogP contribution in [0.5, 0.6) is 5.75 Å². The van der Waals surface area contributed by atoms with Crippen LogP contribution in [-0.2, 0) is 23.8 Å². The highest BCUT2D eigenvalue weighted by molar-refractivity contribution is 7.89. The maximum atomic E-state index is 12.9. The fraction of sp³-hybridized carbons (Fsp3) is 0.350. The lowest BCUT2D eigenvalue weighted by Gasteiger charge is -2.33. The first-order valence-corrected chi connectivity index (χ1v) is 11.8. The molecule has 0 saturated carbocycles. The molecule has 0 aliphatic carbocycles. The molecule has 32 heavy (non-hydrogen) atoms. The summed E-state index contributed by atoms with van der Waals surface area (Å²) in [6, 6.07) is 8.62. The smallest absolute Gasteiger partial charge is 0.274 e. The summed E-state index contributed by atoms with van der Waals surface area (Å²) in [6.07, 6.45) is 3.02. The highest BCUT2D eigenvalue weighted by Crippen LogP contribution is 2.21. The molecule has 1 aliphatic heterocycles. The van der Waals surface area contributed by atoms with E-state index in [0.29, 0.717) is 16.5 Å². The first-order valence-electron chi connectivity index (χ1n) is 9.95. The molecule has 0 bridgehead atoms. The number of nitrogens with zero attached hydrogens (tertiary/aromatic N) is 6. The van der Waals surface area contributed by atoms with Gasteiger partial charge >= 0.3 is 0 Å². The van der Waals surface area contributed by atoms with Crippen LogP contribution in [0.3, 0.4) is 0 Å². The number of carbonyl (C=O) groups is 1. The summed E-state index contributed by atoms with van der Waals surface area (Å²) in [5.41, 5.74) is 0.855. The van der Waals surface area contributed by atoms with Gasteiger partial charge in [0.2, 0.25) is 10.0 Å². The molecule has 170 valence electrons. The van der Waals surface area contributed by atoms with Gasteiger partial charge in [0.05, 0.1) is 11.9 Å². The number of benzene rings is 1. The number of ether oxygens (including phenoxy) is 1. The first-order chi connectivity index (χ1) is 15.3. The third kappa shape index (κ3) is 4.50. The second-order valence-corrected chi connectivity index (χ2v) is 9.73. The average molecular weight is 479 g/mol. The molecule has 3 heterocycles. The molecule has 12 heteroatoms. The predicted molar refractivity (Wildman–Crippen MR) is 117 cm³/mol. The van der Waals surface area contributed by atoms with Crippen molar-refractivity contribution in [3.8, 4) is 5.75 Å². The van der Waals surface area contributed by atoms with Gasteiger partial charge in [0.1, 0.15) is 10.6 Å². The van der Waals surface area contributed by atoms with E-state index in [4.69, 9.17) is 16.3 Å². The van der Waals surface area contributed by atoms with E-state index >= 15 is 0 Å². The molecule has 1 saturated heterocycles. The second-order valence-electron chi connectivity index (χ2n) is 7.39. The molecule has 1 fully saturated rings. The standard InChI is InChI=1S/C20H23ClN6O4S/c1-15-19(13-22-24(15)2)32(29,30)27-10-8-25(9-11-27)20(28)18-6-7-26(23-18)14-31-17-5-3-4-16(21)12-17/h3-7,12-13H,8-11,14H2,1-2H3. The van der Waals surface area contributed by atoms with Gasteiger partial charge in [-0.2, -0.15) is 14.5 Å². The molecule has 1 aromatic carbocycles. The van der Waals surface area contributed by atoms with E-state index in [-0.39, 0.29) is 49.4 Å². The molecule has 2 aromatic heterocycles. The van der Waals surface area contributed by atoms with Crippen LogP contribution >= 0.6 is 11.6 Å². The Morgan fingerprint density at radius 2 is 1.94 bits per heavy atom. The number of halogens is 1. The van der Waals surface area contributed by atoms with Crippen molar-refractivity contribution in [1.82, 2.24) is 28.8 Å². The number of aromatic nitrogens is 4. The second kappa shape index (κ2) is 8.93. The topological polar surface area (TPSA) is 103 Å². The summed E-state index contributed by atoms with van der Waals surface area (Å²) in [4.78, 5) is 14.6. The SMILES string of the molecule is Cc1c(S(=O)(=O)N2CCN(C(=O)c3ccn(COc4cccc(Cl)c4)n3)CC2)cnn1C. The Bertz CT molecular complexity index is 1230. The lowest BCUT2D eigenvalue weighted by molar-refractivity contribution is 0.0690. The van der Waals surface area contributed by atoms with Gasteiger partial charge in [0.15, 0.2) is 12.4 Å². The van der Waals surface area contributed by atoms with E-state index in [9.17, 15) is 13.2 Å². The van der Waals surface area contributed by atoms with E-state index < -0.39 is 10.0 Å². The van der Waals surface area contributed by atoms with Crippen molar-refractivity contribution >= 4 is 27.5 Å². The Balaban J connectivity index is 1.35. The normalized spacial score (nSPS) is 15.2. The average Bonchev–Trinajstić information content (AvgIpc) is 3.39. The highest BCUT2D eigenvalue weighted by Gasteiger charge is 2.33.